The lowest BCUT2D eigenvalue weighted by Crippen LogP contribution is -2.54. The summed E-state index contributed by atoms with van der Waals surface area (Å²) < 4.78 is 1.98. The molecule has 0 aromatic heterocycles. The van der Waals surface area contributed by atoms with Crippen LogP contribution in [0.4, 0.5) is 0 Å². The molecule has 2 atom stereocenters. The van der Waals surface area contributed by atoms with Crippen molar-refractivity contribution in [2.24, 2.45) is 0 Å². The molecular weight excluding hydrogens is 174 g/mol. The fourth-order valence-corrected chi connectivity index (χ4v) is 1.77. The largest absolute Gasteiger partial charge is 0.480 e. The molecule has 1 aliphatic heterocycles. The Labute approximate surface area is 75.6 Å². The van der Waals surface area contributed by atoms with Crippen LogP contribution in [0.15, 0.2) is 0 Å². The first-order valence-electron chi connectivity index (χ1n) is 4.11. The van der Waals surface area contributed by atoms with Crippen LogP contribution >= 0.6 is 9.39 Å². The van der Waals surface area contributed by atoms with Crippen molar-refractivity contribution in [3.8, 4) is 0 Å². The summed E-state index contributed by atoms with van der Waals surface area (Å²) in [6.45, 7) is 2.38. The fraction of sp³-hybridized carbons (Fsp3) is 0.833. The Balaban J connectivity index is 2.58. The smallest absolute Gasteiger partial charge is 0.322 e. The highest BCUT2D eigenvalue weighted by atomic mass is 31.0. The fourth-order valence-electron chi connectivity index (χ4n) is 1.45. The number of carbonyl (C=O) groups is 1. The summed E-state index contributed by atoms with van der Waals surface area (Å²) in [5.41, 5.74) is 0. The molecule has 1 heterocycles. The van der Waals surface area contributed by atoms with Crippen molar-refractivity contribution in [3.05, 3.63) is 0 Å². The van der Waals surface area contributed by atoms with Gasteiger partial charge in [-0.25, -0.2) is 0 Å². The second-order valence-electron chi connectivity index (χ2n) is 2.98. The molecule has 0 aliphatic carbocycles. The van der Waals surface area contributed by atoms with E-state index in [0.717, 1.165) is 19.5 Å². The number of nitrogens with zero attached hydrogens (tertiary/aromatic N) is 2. The molecule has 0 spiro atoms. The lowest BCUT2D eigenvalue weighted by Gasteiger charge is -2.36. The van der Waals surface area contributed by atoms with Crippen LogP contribution in [0.2, 0.25) is 0 Å². The summed E-state index contributed by atoms with van der Waals surface area (Å²) in [4.78, 5) is 12.8. The molecule has 2 unspecified atom stereocenters. The standard InChI is InChI=1S/C6H14BN2O2P/c7-4-8-1-2-9(12)3-5(8)6(10)11/h5H,1-4,7,12H2,(H,10,11). The Morgan fingerprint density at radius 3 is 2.83 bits per heavy atom. The number of hydrogen-bond acceptors (Lipinski definition) is 3. The molecule has 1 N–H and O–H groups in total. The summed E-state index contributed by atoms with van der Waals surface area (Å²) in [7, 11) is 4.55. The Morgan fingerprint density at radius 1 is 1.67 bits per heavy atom. The Bertz CT molecular complexity index is 181. The molecule has 12 heavy (non-hydrogen) atoms. The molecule has 0 aromatic rings. The molecule has 68 valence electrons. The minimum absolute atomic E-state index is 0.332. The van der Waals surface area contributed by atoms with Crippen molar-refractivity contribution >= 4 is 23.2 Å². The van der Waals surface area contributed by atoms with Gasteiger partial charge in [-0.1, -0.05) is 9.39 Å². The van der Waals surface area contributed by atoms with Gasteiger partial charge >= 0.3 is 5.97 Å². The first-order chi connectivity index (χ1) is 5.65. The van der Waals surface area contributed by atoms with E-state index in [-0.39, 0.29) is 6.04 Å². The topological polar surface area (TPSA) is 43.8 Å². The van der Waals surface area contributed by atoms with E-state index in [2.05, 4.69) is 9.39 Å². The molecule has 0 radical (unpaired) electrons. The molecule has 1 aliphatic rings. The average molecular weight is 188 g/mol. The minimum atomic E-state index is -0.719. The third kappa shape index (κ3) is 2.19. The van der Waals surface area contributed by atoms with E-state index in [1.165, 1.54) is 0 Å². The van der Waals surface area contributed by atoms with E-state index in [1.54, 1.807) is 0 Å². The Kier molecular flexibility index (Phi) is 3.50. The predicted octanol–water partition coefficient (Wildman–Crippen LogP) is -1.56. The average Bonchev–Trinajstić information content (AvgIpc) is 2.04. The van der Waals surface area contributed by atoms with Gasteiger partial charge in [0, 0.05) is 19.6 Å². The maximum Gasteiger partial charge on any atom is 0.322 e. The summed E-state index contributed by atoms with van der Waals surface area (Å²) in [6, 6.07) is -0.332. The van der Waals surface area contributed by atoms with E-state index in [1.807, 2.05) is 17.4 Å². The van der Waals surface area contributed by atoms with Crippen molar-refractivity contribution < 1.29 is 9.90 Å². The van der Waals surface area contributed by atoms with Gasteiger partial charge in [0.1, 0.15) is 13.9 Å². The van der Waals surface area contributed by atoms with Gasteiger partial charge in [0.25, 0.3) is 0 Å². The molecule has 1 saturated heterocycles. The first kappa shape index (κ1) is 9.97. The van der Waals surface area contributed by atoms with Crippen LogP contribution in [-0.2, 0) is 4.79 Å². The van der Waals surface area contributed by atoms with Gasteiger partial charge in [0.05, 0.1) is 0 Å². The van der Waals surface area contributed by atoms with Crippen LogP contribution in [0.3, 0.4) is 0 Å². The normalized spacial score (nSPS) is 27.2. The second kappa shape index (κ2) is 4.22. The van der Waals surface area contributed by atoms with Crippen LogP contribution in [0, 0.1) is 0 Å². The Hall–Kier alpha value is -0.115. The molecule has 1 fully saturated rings. The van der Waals surface area contributed by atoms with Gasteiger partial charge in [-0.3, -0.25) is 14.4 Å². The molecule has 0 saturated carbocycles. The number of aliphatic carboxylic acids is 1. The predicted molar refractivity (Wildman–Crippen MR) is 52.8 cm³/mol. The zero-order chi connectivity index (χ0) is 9.14. The molecule has 0 amide bonds. The van der Waals surface area contributed by atoms with Gasteiger partial charge in [-0.2, -0.15) is 0 Å². The van der Waals surface area contributed by atoms with Gasteiger partial charge in [-0.15, -0.1) is 0 Å². The molecule has 1 rings (SSSR count). The van der Waals surface area contributed by atoms with E-state index >= 15 is 0 Å². The highest BCUT2D eigenvalue weighted by Crippen LogP contribution is 2.12. The molecule has 6 heteroatoms. The van der Waals surface area contributed by atoms with Crippen molar-refractivity contribution in [1.82, 2.24) is 9.57 Å². The van der Waals surface area contributed by atoms with Crippen molar-refractivity contribution in [3.63, 3.8) is 0 Å². The highest BCUT2D eigenvalue weighted by molar-refractivity contribution is 7.13. The summed E-state index contributed by atoms with van der Waals surface area (Å²) in [5.74, 6) is -0.719. The van der Waals surface area contributed by atoms with Crippen molar-refractivity contribution in [1.29, 1.82) is 0 Å². The zero-order valence-corrected chi connectivity index (χ0v) is 8.39. The van der Waals surface area contributed by atoms with E-state index in [4.69, 9.17) is 5.11 Å². The third-order valence-corrected chi connectivity index (χ3v) is 2.68. The lowest BCUT2D eigenvalue weighted by molar-refractivity contribution is -0.144. The molecule has 4 nitrogen and oxygen atoms in total. The van der Waals surface area contributed by atoms with E-state index in [0.29, 0.717) is 6.54 Å². The van der Waals surface area contributed by atoms with Gasteiger partial charge < -0.3 is 5.11 Å². The SMILES string of the molecule is BCN1CCN(P)CC1C(=O)O. The first-order valence-corrected chi connectivity index (χ1v) is 4.63. The molecule has 0 bridgehead atoms. The lowest BCUT2D eigenvalue weighted by atomic mass is 10.1. The van der Waals surface area contributed by atoms with E-state index < -0.39 is 5.97 Å². The minimum Gasteiger partial charge on any atom is -0.480 e. The highest BCUT2D eigenvalue weighted by Gasteiger charge is 2.29. The summed E-state index contributed by atoms with van der Waals surface area (Å²) in [5, 5.41) is 8.88. The van der Waals surface area contributed by atoms with Gasteiger partial charge in [0.2, 0.25) is 0 Å². The van der Waals surface area contributed by atoms with Crippen LogP contribution in [0.5, 0.6) is 0 Å². The van der Waals surface area contributed by atoms with Crippen molar-refractivity contribution in [2.45, 2.75) is 6.04 Å². The number of rotatable bonds is 2. The maximum atomic E-state index is 10.8. The number of carboxylic acid groups (broad SMARTS) is 1. The van der Waals surface area contributed by atoms with Crippen molar-refractivity contribution in [2.75, 3.05) is 26.1 Å². The van der Waals surface area contributed by atoms with Crippen LogP contribution in [-0.4, -0.2) is 60.6 Å². The monoisotopic (exact) mass is 188 g/mol. The number of piperazine rings is 1. The Morgan fingerprint density at radius 2 is 2.33 bits per heavy atom. The second-order valence-corrected chi connectivity index (χ2v) is 3.71. The quantitative estimate of drug-likeness (QED) is 0.420. The van der Waals surface area contributed by atoms with Crippen LogP contribution in [0.1, 0.15) is 0 Å². The van der Waals surface area contributed by atoms with Crippen LogP contribution < -0.4 is 0 Å². The van der Waals surface area contributed by atoms with Gasteiger partial charge in [0.15, 0.2) is 0 Å². The van der Waals surface area contributed by atoms with Crippen LogP contribution in [0.25, 0.3) is 0 Å². The maximum absolute atomic E-state index is 10.8. The van der Waals surface area contributed by atoms with E-state index in [9.17, 15) is 4.79 Å². The zero-order valence-electron chi connectivity index (χ0n) is 7.23. The summed E-state index contributed by atoms with van der Waals surface area (Å²) in [6.07, 6.45) is 0.815. The molecular formula is C6H14BN2O2P. The molecule has 0 aromatic carbocycles. The third-order valence-electron chi connectivity index (χ3n) is 2.21. The summed E-state index contributed by atoms with van der Waals surface area (Å²) >= 11 is 0. The number of hydrogen-bond donors (Lipinski definition) is 1. The number of carboxylic acids is 1. The van der Waals surface area contributed by atoms with Gasteiger partial charge in [-0.05, 0) is 6.44 Å².